The van der Waals surface area contributed by atoms with E-state index in [0.717, 1.165) is 16.8 Å². The van der Waals surface area contributed by atoms with Crippen molar-refractivity contribution in [1.29, 1.82) is 0 Å². The Kier molecular flexibility index (Phi) is 4.56. The molecule has 0 aliphatic rings. The Morgan fingerprint density at radius 2 is 1.96 bits per heavy atom. The number of anilines is 2. The van der Waals surface area contributed by atoms with Gasteiger partial charge in [0.2, 0.25) is 0 Å². The zero-order chi connectivity index (χ0) is 19.8. The molecule has 0 aliphatic heterocycles. The third-order valence-electron chi connectivity index (χ3n) is 3.70. The van der Waals surface area contributed by atoms with Crippen LogP contribution in [0.5, 0.6) is 0 Å². The highest BCUT2D eigenvalue weighted by atomic mass is 19.4. The molecule has 0 saturated carbocycles. The first-order valence-corrected chi connectivity index (χ1v) is 7.62. The first-order chi connectivity index (χ1) is 12.7. The molecule has 3 N–H and O–H groups in total. The number of nitrogens with two attached hydrogens (primary N) is 1. The molecule has 6 nitrogen and oxygen atoms in total. The Balaban J connectivity index is 1.85. The lowest BCUT2D eigenvalue weighted by Gasteiger charge is -2.08. The summed E-state index contributed by atoms with van der Waals surface area (Å²) < 4.78 is 52.8. The summed E-state index contributed by atoms with van der Waals surface area (Å²) in [6.07, 6.45) is -3.92. The average molecular weight is 379 g/mol. The normalized spacial score (nSPS) is 11.4. The van der Waals surface area contributed by atoms with Gasteiger partial charge in [-0.3, -0.25) is 4.79 Å². The summed E-state index contributed by atoms with van der Waals surface area (Å²) >= 11 is 0. The number of carbonyl (C=O) groups excluding carboxylic acids is 1. The molecule has 0 atom stereocenters. The fourth-order valence-corrected chi connectivity index (χ4v) is 2.39. The highest BCUT2D eigenvalue weighted by Crippen LogP contribution is 2.29. The SMILES string of the molecule is Cc1cccc(F)c1-n1nc(C(=O)Nc2ccc(C(F)(F)F)cn2)cc1N. The lowest BCUT2D eigenvalue weighted by Crippen LogP contribution is -2.15. The minimum absolute atomic E-state index is 0.0220. The molecule has 2 heterocycles. The van der Waals surface area contributed by atoms with Crippen LogP contribution in [-0.4, -0.2) is 20.7 Å². The maximum absolute atomic E-state index is 14.1. The van der Waals surface area contributed by atoms with Gasteiger partial charge in [-0.25, -0.2) is 14.1 Å². The standard InChI is InChI=1S/C17H13F4N5O/c1-9-3-2-4-11(18)15(9)26-13(22)7-12(25-26)16(27)24-14-6-5-10(8-23-14)17(19,20)21/h2-8H,22H2,1H3,(H,23,24,27). The van der Waals surface area contributed by atoms with E-state index in [0.29, 0.717) is 11.8 Å². The number of para-hydroxylation sites is 1. The smallest absolute Gasteiger partial charge is 0.384 e. The van der Waals surface area contributed by atoms with Crippen LogP contribution in [0.15, 0.2) is 42.6 Å². The first-order valence-electron chi connectivity index (χ1n) is 7.62. The Bertz CT molecular complexity index is 975. The van der Waals surface area contributed by atoms with Gasteiger partial charge in [-0.2, -0.15) is 18.3 Å². The van der Waals surface area contributed by atoms with Crippen LogP contribution in [0.25, 0.3) is 5.69 Å². The maximum atomic E-state index is 14.1. The molecule has 2 aromatic heterocycles. The van der Waals surface area contributed by atoms with Gasteiger partial charge in [-0.05, 0) is 30.7 Å². The van der Waals surface area contributed by atoms with E-state index in [1.54, 1.807) is 13.0 Å². The molecular weight excluding hydrogens is 366 g/mol. The van der Waals surface area contributed by atoms with Crippen LogP contribution in [-0.2, 0) is 6.18 Å². The number of amides is 1. The molecule has 0 bridgehead atoms. The van der Waals surface area contributed by atoms with Crippen LogP contribution in [0, 0.1) is 12.7 Å². The van der Waals surface area contributed by atoms with Crippen molar-refractivity contribution in [3.05, 3.63) is 65.2 Å². The van der Waals surface area contributed by atoms with Crippen molar-refractivity contribution in [2.75, 3.05) is 11.1 Å². The molecule has 10 heteroatoms. The molecule has 1 aromatic carbocycles. The minimum atomic E-state index is -4.53. The molecule has 140 valence electrons. The number of halogens is 4. The predicted molar refractivity (Wildman–Crippen MR) is 89.9 cm³/mol. The van der Waals surface area contributed by atoms with E-state index in [9.17, 15) is 22.4 Å². The Hall–Kier alpha value is -3.43. The van der Waals surface area contributed by atoms with E-state index in [2.05, 4.69) is 15.4 Å². The Labute approximate surface area is 150 Å². The van der Waals surface area contributed by atoms with Gasteiger partial charge in [0.05, 0.1) is 5.56 Å². The molecule has 3 aromatic rings. The highest BCUT2D eigenvalue weighted by molar-refractivity contribution is 6.02. The van der Waals surface area contributed by atoms with Gasteiger partial charge in [-0.1, -0.05) is 12.1 Å². The van der Waals surface area contributed by atoms with E-state index in [1.165, 1.54) is 18.2 Å². The van der Waals surface area contributed by atoms with Crippen molar-refractivity contribution in [2.24, 2.45) is 0 Å². The second-order valence-corrected chi connectivity index (χ2v) is 5.66. The van der Waals surface area contributed by atoms with Gasteiger partial charge in [0.1, 0.15) is 23.1 Å². The Morgan fingerprint density at radius 3 is 2.56 bits per heavy atom. The molecule has 0 spiro atoms. The van der Waals surface area contributed by atoms with Crippen molar-refractivity contribution in [3.8, 4) is 5.69 Å². The van der Waals surface area contributed by atoms with E-state index in [4.69, 9.17) is 5.73 Å². The molecule has 0 saturated heterocycles. The number of aromatic nitrogens is 3. The van der Waals surface area contributed by atoms with Crippen molar-refractivity contribution >= 4 is 17.5 Å². The lowest BCUT2D eigenvalue weighted by molar-refractivity contribution is -0.137. The van der Waals surface area contributed by atoms with Gasteiger partial charge >= 0.3 is 6.18 Å². The predicted octanol–water partition coefficient (Wildman–Crippen LogP) is 3.57. The van der Waals surface area contributed by atoms with Gasteiger partial charge < -0.3 is 11.1 Å². The van der Waals surface area contributed by atoms with Crippen LogP contribution in [0.2, 0.25) is 0 Å². The number of pyridine rings is 1. The van der Waals surface area contributed by atoms with E-state index < -0.39 is 23.5 Å². The second kappa shape index (κ2) is 6.71. The zero-order valence-electron chi connectivity index (χ0n) is 13.9. The molecule has 0 unspecified atom stereocenters. The van der Waals surface area contributed by atoms with Gasteiger partial charge in [-0.15, -0.1) is 0 Å². The van der Waals surface area contributed by atoms with Gasteiger partial charge in [0.25, 0.3) is 5.91 Å². The number of aryl methyl sites for hydroxylation is 1. The monoisotopic (exact) mass is 379 g/mol. The van der Waals surface area contributed by atoms with Crippen molar-refractivity contribution in [2.45, 2.75) is 13.1 Å². The molecule has 0 fully saturated rings. The number of benzene rings is 1. The third kappa shape index (κ3) is 3.73. The summed E-state index contributed by atoms with van der Waals surface area (Å²) in [6, 6.07) is 7.45. The summed E-state index contributed by atoms with van der Waals surface area (Å²) in [5, 5.41) is 6.30. The van der Waals surface area contributed by atoms with Gasteiger partial charge in [0, 0.05) is 12.3 Å². The van der Waals surface area contributed by atoms with Crippen LogP contribution >= 0.6 is 0 Å². The van der Waals surface area contributed by atoms with Crippen molar-refractivity contribution in [3.63, 3.8) is 0 Å². The molecule has 0 aliphatic carbocycles. The number of rotatable bonds is 3. The van der Waals surface area contributed by atoms with Crippen LogP contribution < -0.4 is 11.1 Å². The average Bonchev–Trinajstić information content (AvgIpc) is 2.96. The number of alkyl halides is 3. The minimum Gasteiger partial charge on any atom is -0.384 e. The largest absolute Gasteiger partial charge is 0.417 e. The van der Waals surface area contributed by atoms with Gasteiger partial charge in [0.15, 0.2) is 5.69 Å². The van der Waals surface area contributed by atoms with E-state index in [1.807, 2.05) is 0 Å². The molecular formula is C17H13F4N5O. The van der Waals surface area contributed by atoms with Crippen LogP contribution in [0.3, 0.4) is 0 Å². The lowest BCUT2D eigenvalue weighted by atomic mass is 10.2. The molecule has 27 heavy (non-hydrogen) atoms. The fourth-order valence-electron chi connectivity index (χ4n) is 2.39. The Morgan fingerprint density at radius 1 is 1.22 bits per heavy atom. The third-order valence-corrected chi connectivity index (χ3v) is 3.70. The maximum Gasteiger partial charge on any atom is 0.417 e. The summed E-state index contributed by atoms with van der Waals surface area (Å²) in [4.78, 5) is 15.8. The summed E-state index contributed by atoms with van der Waals surface area (Å²) in [6.45, 7) is 1.66. The van der Waals surface area contributed by atoms with Crippen molar-refractivity contribution < 1.29 is 22.4 Å². The van der Waals surface area contributed by atoms with Crippen LogP contribution in [0.4, 0.5) is 29.2 Å². The highest BCUT2D eigenvalue weighted by Gasteiger charge is 2.30. The summed E-state index contributed by atoms with van der Waals surface area (Å²) in [5.74, 6) is -1.39. The number of nitrogen functional groups attached to an aromatic ring is 1. The number of nitrogens with one attached hydrogen (secondary N) is 1. The number of hydrogen-bond donors (Lipinski definition) is 2. The topological polar surface area (TPSA) is 85.8 Å². The summed E-state index contributed by atoms with van der Waals surface area (Å²) in [7, 11) is 0. The fraction of sp³-hybridized carbons (Fsp3) is 0.118. The summed E-state index contributed by atoms with van der Waals surface area (Å²) in [5.41, 5.74) is 5.40. The second-order valence-electron chi connectivity index (χ2n) is 5.66. The quantitative estimate of drug-likeness (QED) is 0.682. The molecule has 0 radical (unpaired) electrons. The van der Waals surface area contributed by atoms with E-state index in [-0.39, 0.29) is 23.0 Å². The van der Waals surface area contributed by atoms with Crippen LogP contribution in [0.1, 0.15) is 21.6 Å². The first kappa shape index (κ1) is 18.4. The molecule has 3 rings (SSSR count). The van der Waals surface area contributed by atoms with E-state index >= 15 is 0 Å². The number of nitrogens with zero attached hydrogens (tertiary/aromatic N) is 3. The molecule has 1 amide bonds. The zero-order valence-corrected chi connectivity index (χ0v) is 13.9. The van der Waals surface area contributed by atoms with Crippen molar-refractivity contribution in [1.82, 2.24) is 14.8 Å². The number of carbonyl (C=O) groups is 1. The number of hydrogen-bond acceptors (Lipinski definition) is 4.